The molecule has 3 aromatic carbocycles. The van der Waals surface area contributed by atoms with E-state index in [2.05, 4.69) is 16.2 Å². The highest BCUT2D eigenvalue weighted by Gasteiger charge is 2.07. The summed E-state index contributed by atoms with van der Waals surface area (Å²) in [6.07, 6.45) is 3.08. The van der Waals surface area contributed by atoms with E-state index in [0.29, 0.717) is 5.56 Å². The van der Waals surface area contributed by atoms with Crippen LogP contribution in [0.4, 0.5) is 0 Å². The third-order valence-corrected chi connectivity index (χ3v) is 4.10. The van der Waals surface area contributed by atoms with E-state index in [1.165, 1.54) is 30.3 Å². The minimum Gasteiger partial charge on any atom is -0.508 e. The number of carbonyl (C=O) groups is 2. The Morgan fingerprint density at radius 3 is 2.39 bits per heavy atom. The maximum absolute atomic E-state index is 12.0. The summed E-state index contributed by atoms with van der Waals surface area (Å²) >= 11 is 5.00. The molecule has 0 radical (unpaired) electrons. The van der Waals surface area contributed by atoms with Crippen LogP contribution in [-0.4, -0.2) is 22.0 Å². The average molecular weight is 391 g/mol. The Morgan fingerprint density at radius 2 is 1.61 bits per heavy atom. The quantitative estimate of drug-likeness (QED) is 0.313. The van der Waals surface area contributed by atoms with Gasteiger partial charge in [-0.2, -0.15) is 0 Å². The van der Waals surface area contributed by atoms with Crippen LogP contribution in [0.1, 0.15) is 15.9 Å². The molecule has 4 N–H and O–H groups in total. The Kier molecular flexibility index (Phi) is 5.98. The number of rotatable bonds is 3. The third-order valence-electron chi connectivity index (χ3n) is 3.89. The summed E-state index contributed by atoms with van der Waals surface area (Å²) in [7, 11) is 0. The SMILES string of the molecule is O=C(C=Cc1cccc2ccccc12)NC(=S)NNC(=O)c1ccc(O)cc1. The van der Waals surface area contributed by atoms with Gasteiger partial charge in [-0.3, -0.25) is 25.8 Å². The third kappa shape index (κ3) is 4.93. The maximum atomic E-state index is 12.0. The number of fused-ring (bicyclic) bond motifs is 1. The topological polar surface area (TPSA) is 90.5 Å². The number of aromatic hydroxyl groups is 1. The molecule has 0 aliphatic rings. The predicted molar refractivity (Wildman–Crippen MR) is 112 cm³/mol. The van der Waals surface area contributed by atoms with Crippen molar-refractivity contribution in [2.24, 2.45) is 0 Å². The molecule has 0 aromatic heterocycles. The second-order valence-electron chi connectivity index (χ2n) is 5.85. The monoisotopic (exact) mass is 391 g/mol. The Balaban J connectivity index is 1.54. The van der Waals surface area contributed by atoms with Crippen LogP contribution >= 0.6 is 12.2 Å². The number of nitrogens with one attached hydrogen (secondary N) is 3. The van der Waals surface area contributed by atoms with Crippen LogP contribution in [0.2, 0.25) is 0 Å². The lowest BCUT2D eigenvalue weighted by atomic mass is 10.0. The molecular weight excluding hydrogens is 374 g/mol. The first-order valence-corrected chi connectivity index (χ1v) is 8.80. The molecule has 0 spiro atoms. The lowest BCUT2D eigenvalue weighted by molar-refractivity contribution is -0.115. The van der Waals surface area contributed by atoms with Crippen molar-refractivity contribution in [3.05, 3.63) is 83.9 Å². The second kappa shape index (κ2) is 8.79. The number of benzene rings is 3. The van der Waals surface area contributed by atoms with E-state index < -0.39 is 11.8 Å². The summed E-state index contributed by atoms with van der Waals surface area (Å²) in [5.74, 6) is -0.822. The van der Waals surface area contributed by atoms with E-state index in [1.54, 1.807) is 6.08 Å². The molecule has 7 heteroatoms. The van der Waals surface area contributed by atoms with Gasteiger partial charge >= 0.3 is 0 Å². The first kappa shape index (κ1) is 19.1. The molecule has 6 nitrogen and oxygen atoms in total. The first-order valence-electron chi connectivity index (χ1n) is 8.39. The lowest BCUT2D eigenvalue weighted by Gasteiger charge is -2.09. The summed E-state index contributed by atoms with van der Waals surface area (Å²) in [6, 6.07) is 19.4. The predicted octanol–water partition coefficient (Wildman–Crippen LogP) is 2.89. The van der Waals surface area contributed by atoms with Crippen LogP contribution in [-0.2, 0) is 4.79 Å². The molecular formula is C21H17N3O3S. The summed E-state index contributed by atoms with van der Waals surface area (Å²) in [6.45, 7) is 0. The highest BCUT2D eigenvalue weighted by Crippen LogP contribution is 2.19. The lowest BCUT2D eigenvalue weighted by Crippen LogP contribution is -2.48. The molecule has 3 aromatic rings. The van der Waals surface area contributed by atoms with E-state index in [9.17, 15) is 14.7 Å². The van der Waals surface area contributed by atoms with Gasteiger partial charge in [-0.25, -0.2) is 0 Å². The maximum Gasteiger partial charge on any atom is 0.269 e. The van der Waals surface area contributed by atoms with E-state index >= 15 is 0 Å². The van der Waals surface area contributed by atoms with E-state index in [4.69, 9.17) is 12.2 Å². The zero-order valence-corrected chi connectivity index (χ0v) is 15.5. The molecule has 0 saturated heterocycles. The molecule has 0 saturated carbocycles. The van der Waals surface area contributed by atoms with Crippen molar-refractivity contribution in [1.29, 1.82) is 0 Å². The van der Waals surface area contributed by atoms with E-state index in [-0.39, 0.29) is 10.9 Å². The smallest absolute Gasteiger partial charge is 0.269 e. The minimum atomic E-state index is -0.456. The largest absolute Gasteiger partial charge is 0.508 e. The van der Waals surface area contributed by atoms with Crippen molar-refractivity contribution < 1.29 is 14.7 Å². The Morgan fingerprint density at radius 1 is 0.893 bits per heavy atom. The standard InChI is InChI=1S/C21H17N3O3S/c25-17-11-8-16(9-12-17)20(27)23-24-21(28)22-19(26)13-10-15-6-3-5-14-4-1-2-7-18(14)15/h1-13,25H,(H,23,27)(H2,22,24,26,28). The van der Waals surface area contributed by atoms with Crippen molar-refractivity contribution in [2.45, 2.75) is 0 Å². The fourth-order valence-electron chi connectivity index (χ4n) is 2.54. The van der Waals surface area contributed by atoms with Gasteiger partial charge in [0.15, 0.2) is 5.11 Å². The molecule has 0 bridgehead atoms. The first-order chi connectivity index (χ1) is 13.5. The summed E-state index contributed by atoms with van der Waals surface area (Å²) < 4.78 is 0. The van der Waals surface area contributed by atoms with Gasteiger partial charge in [0, 0.05) is 11.6 Å². The van der Waals surface area contributed by atoms with Crippen LogP contribution in [0, 0.1) is 0 Å². The minimum absolute atomic E-state index is 0.0419. The average Bonchev–Trinajstić information content (AvgIpc) is 2.71. The Labute approximate surface area is 166 Å². The number of amides is 2. The molecule has 28 heavy (non-hydrogen) atoms. The van der Waals surface area contributed by atoms with E-state index in [0.717, 1.165) is 16.3 Å². The van der Waals surface area contributed by atoms with Gasteiger partial charge in [0.25, 0.3) is 5.91 Å². The highest BCUT2D eigenvalue weighted by molar-refractivity contribution is 7.80. The van der Waals surface area contributed by atoms with Crippen LogP contribution in [0.15, 0.2) is 72.8 Å². The van der Waals surface area contributed by atoms with Crippen LogP contribution < -0.4 is 16.2 Å². The fraction of sp³-hybridized carbons (Fsp3) is 0. The van der Waals surface area contributed by atoms with Gasteiger partial charge in [-0.05, 0) is 58.9 Å². The van der Waals surface area contributed by atoms with Crippen molar-refractivity contribution in [3.8, 4) is 5.75 Å². The molecule has 3 rings (SSSR count). The van der Waals surface area contributed by atoms with Gasteiger partial charge < -0.3 is 5.11 Å². The van der Waals surface area contributed by atoms with Gasteiger partial charge in [-0.1, -0.05) is 42.5 Å². The van der Waals surface area contributed by atoms with Crippen LogP contribution in [0.3, 0.4) is 0 Å². The van der Waals surface area contributed by atoms with Crippen molar-refractivity contribution in [1.82, 2.24) is 16.2 Å². The molecule has 0 heterocycles. The number of hydrazine groups is 1. The van der Waals surface area contributed by atoms with Crippen LogP contribution in [0.5, 0.6) is 5.75 Å². The molecule has 0 atom stereocenters. The van der Waals surface area contributed by atoms with Gasteiger partial charge in [0.1, 0.15) is 5.75 Å². The van der Waals surface area contributed by atoms with Crippen molar-refractivity contribution in [3.63, 3.8) is 0 Å². The number of phenols is 1. The van der Waals surface area contributed by atoms with Crippen LogP contribution in [0.25, 0.3) is 16.8 Å². The van der Waals surface area contributed by atoms with Crippen molar-refractivity contribution >= 4 is 46.0 Å². The summed E-state index contributed by atoms with van der Waals surface area (Å²) in [5.41, 5.74) is 6.07. The molecule has 0 fully saturated rings. The zero-order valence-electron chi connectivity index (χ0n) is 14.7. The van der Waals surface area contributed by atoms with Gasteiger partial charge in [0.2, 0.25) is 5.91 Å². The summed E-state index contributed by atoms with van der Waals surface area (Å²) in [5, 5.41) is 13.8. The molecule has 0 aliphatic heterocycles. The van der Waals surface area contributed by atoms with Gasteiger partial charge in [0.05, 0.1) is 0 Å². The van der Waals surface area contributed by atoms with E-state index in [1.807, 2.05) is 42.5 Å². The number of phenolic OH excluding ortho intramolecular Hbond substituents is 1. The number of hydrogen-bond acceptors (Lipinski definition) is 4. The van der Waals surface area contributed by atoms with Crippen molar-refractivity contribution in [2.75, 3.05) is 0 Å². The fourth-order valence-corrected chi connectivity index (χ4v) is 2.70. The second-order valence-corrected chi connectivity index (χ2v) is 6.25. The van der Waals surface area contributed by atoms with Gasteiger partial charge in [-0.15, -0.1) is 0 Å². The highest BCUT2D eigenvalue weighted by atomic mass is 32.1. The molecule has 2 amide bonds. The molecule has 140 valence electrons. The molecule has 0 aliphatic carbocycles. The Hall–Kier alpha value is -3.71. The summed E-state index contributed by atoms with van der Waals surface area (Å²) in [4.78, 5) is 24.0. The normalized spacial score (nSPS) is 10.6. The Bertz CT molecular complexity index is 1060. The molecule has 0 unspecified atom stereocenters. The zero-order chi connectivity index (χ0) is 19.9. The number of thiocarbonyl (C=S) groups is 1. The number of carbonyl (C=O) groups excluding carboxylic acids is 2. The number of hydrogen-bond donors (Lipinski definition) is 4.